The molecule has 1 aliphatic carbocycles. The van der Waals surface area contributed by atoms with Crippen LogP contribution in [0.4, 0.5) is 0 Å². The SMILES string of the molecule is CCNC(=O)CCNC1(C)CC1. The Labute approximate surface area is 73.9 Å². The molecule has 3 nitrogen and oxygen atoms in total. The van der Waals surface area contributed by atoms with Gasteiger partial charge >= 0.3 is 0 Å². The van der Waals surface area contributed by atoms with Crippen molar-refractivity contribution in [1.29, 1.82) is 0 Å². The van der Waals surface area contributed by atoms with Gasteiger partial charge in [0, 0.05) is 25.0 Å². The van der Waals surface area contributed by atoms with Gasteiger partial charge in [-0.3, -0.25) is 4.79 Å². The van der Waals surface area contributed by atoms with Crippen LogP contribution in [0.2, 0.25) is 0 Å². The Morgan fingerprint density at radius 3 is 2.67 bits per heavy atom. The number of amides is 1. The van der Waals surface area contributed by atoms with E-state index in [1.54, 1.807) is 0 Å². The lowest BCUT2D eigenvalue weighted by molar-refractivity contribution is -0.120. The van der Waals surface area contributed by atoms with Crippen molar-refractivity contribution >= 4 is 5.91 Å². The number of rotatable bonds is 5. The molecule has 1 fully saturated rings. The number of hydrogen-bond donors (Lipinski definition) is 2. The minimum absolute atomic E-state index is 0.147. The summed E-state index contributed by atoms with van der Waals surface area (Å²) in [7, 11) is 0. The molecule has 1 amide bonds. The molecule has 0 heterocycles. The highest BCUT2D eigenvalue weighted by Gasteiger charge is 2.36. The third-order valence-electron chi connectivity index (χ3n) is 2.28. The second-order valence-electron chi connectivity index (χ2n) is 3.69. The van der Waals surface area contributed by atoms with Crippen molar-refractivity contribution in [3.8, 4) is 0 Å². The van der Waals surface area contributed by atoms with E-state index >= 15 is 0 Å². The number of carbonyl (C=O) groups excluding carboxylic acids is 1. The maximum atomic E-state index is 11.0. The first-order valence-corrected chi connectivity index (χ1v) is 4.68. The standard InChI is InChI=1S/C9H18N2O/c1-3-10-8(12)4-7-11-9(2)5-6-9/h11H,3-7H2,1-2H3,(H,10,12). The fourth-order valence-electron chi connectivity index (χ4n) is 1.13. The Morgan fingerprint density at radius 1 is 1.50 bits per heavy atom. The molecule has 70 valence electrons. The van der Waals surface area contributed by atoms with Crippen molar-refractivity contribution in [2.45, 2.75) is 38.6 Å². The largest absolute Gasteiger partial charge is 0.356 e. The first kappa shape index (κ1) is 9.52. The fraction of sp³-hybridized carbons (Fsp3) is 0.889. The van der Waals surface area contributed by atoms with Crippen LogP contribution in [-0.4, -0.2) is 24.5 Å². The summed E-state index contributed by atoms with van der Waals surface area (Å²) in [4.78, 5) is 11.0. The van der Waals surface area contributed by atoms with E-state index in [1.807, 2.05) is 6.92 Å². The van der Waals surface area contributed by atoms with Gasteiger partial charge in [-0.25, -0.2) is 0 Å². The molecule has 2 N–H and O–H groups in total. The van der Waals surface area contributed by atoms with Crippen LogP contribution in [0.3, 0.4) is 0 Å². The van der Waals surface area contributed by atoms with E-state index in [2.05, 4.69) is 17.6 Å². The molecule has 1 rings (SSSR count). The molecular weight excluding hydrogens is 152 g/mol. The molecule has 0 unspecified atom stereocenters. The zero-order valence-electron chi connectivity index (χ0n) is 7.94. The van der Waals surface area contributed by atoms with Crippen LogP contribution >= 0.6 is 0 Å². The van der Waals surface area contributed by atoms with Gasteiger partial charge in [-0.2, -0.15) is 0 Å². The van der Waals surface area contributed by atoms with Crippen LogP contribution < -0.4 is 10.6 Å². The first-order valence-electron chi connectivity index (χ1n) is 4.68. The third kappa shape index (κ3) is 3.22. The minimum atomic E-state index is 0.147. The molecule has 0 bridgehead atoms. The van der Waals surface area contributed by atoms with Gasteiger partial charge in [0.05, 0.1) is 0 Å². The van der Waals surface area contributed by atoms with Gasteiger partial charge in [-0.15, -0.1) is 0 Å². The van der Waals surface area contributed by atoms with Crippen molar-refractivity contribution in [2.24, 2.45) is 0 Å². The van der Waals surface area contributed by atoms with Gasteiger partial charge < -0.3 is 10.6 Å². The van der Waals surface area contributed by atoms with Gasteiger partial charge in [0.1, 0.15) is 0 Å². The van der Waals surface area contributed by atoms with E-state index < -0.39 is 0 Å². The van der Waals surface area contributed by atoms with Crippen molar-refractivity contribution < 1.29 is 4.79 Å². The molecule has 3 heteroatoms. The summed E-state index contributed by atoms with van der Waals surface area (Å²) in [5, 5.41) is 6.13. The molecule has 0 aromatic heterocycles. The molecule has 1 saturated carbocycles. The monoisotopic (exact) mass is 170 g/mol. The first-order chi connectivity index (χ1) is 5.66. The Balaban J connectivity index is 1.98. The second-order valence-corrected chi connectivity index (χ2v) is 3.69. The molecule has 0 aromatic rings. The van der Waals surface area contributed by atoms with E-state index in [0.29, 0.717) is 12.0 Å². The molecular formula is C9H18N2O. The van der Waals surface area contributed by atoms with Crippen LogP contribution in [0, 0.1) is 0 Å². The average Bonchev–Trinajstić information content (AvgIpc) is 2.69. The Bertz CT molecular complexity index is 164. The highest BCUT2D eigenvalue weighted by molar-refractivity contribution is 5.75. The molecule has 0 saturated heterocycles. The van der Waals surface area contributed by atoms with Gasteiger partial charge in [-0.05, 0) is 26.7 Å². The normalized spacial score (nSPS) is 18.8. The van der Waals surface area contributed by atoms with Gasteiger partial charge in [0.2, 0.25) is 5.91 Å². The summed E-state index contributed by atoms with van der Waals surface area (Å²) in [6.07, 6.45) is 3.11. The Kier molecular flexibility index (Phi) is 3.09. The summed E-state index contributed by atoms with van der Waals surface area (Å²) >= 11 is 0. The lowest BCUT2D eigenvalue weighted by Crippen LogP contribution is -2.33. The summed E-state index contributed by atoms with van der Waals surface area (Å²) in [5.41, 5.74) is 0.354. The molecule has 0 atom stereocenters. The van der Waals surface area contributed by atoms with Crippen molar-refractivity contribution in [3.63, 3.8) is 0 Å². The van der Waals surface area contributed by atoms with Crippen LogP contribution in [0.5, 0.6) is 0 Å². The number of carbonyl (C=O) groups is 1. The quantitative estimate of drug-likeness (QED) is 0.636. The molecule has 0 aliphatic heterocycles. The van der Waals surface area contributed by atoms with E-state index in [4.69, 9.17) is 0 Å². The molecule has 0 radical (unpaired) electrons. The van der Waals surface area contributed by atoms with Crippen molar-refractivity contribution in [3.05, 3.63) is 0 Å². The molecule has 1 aliphatic rings. The number of hydrogen-bond acceptors (Lipinski definition) is 2. The van der Waals surface area contributed by atoms with Crippen molar-refractivity contribution in [2.75, 3.05) is 13.1 Å². The summed E-state index contributed by atoms with van der Waals surface area (Å²) in [5.74, 6) is 0.147. The lowest BCUT2D eigenvalue weighted by Gasteiger charge is -2.10. The molecule has 0 aromatic carbocycles. The topological polar surface area (TPSA) is 41.1 Å². The zero-order chi connectivity index (χ0) is 9.03. The smallest absolute Gasteiger partial charge is 0.221 e. The minimum Gasteiger partial charge on any atom is -0.356 e. The Morgan fingerprint density at radius 2 is 2.17 bits per heavy atom. The van der Waals surface area contributed by atoms with Crippen molar-refractivity contribution in [1.82, 2.24) is 10.6 Å². The summed E-state index contributed by atoms with van der Waals surface area (Å²) in [6, 6.07) is 0. The van der Waals surface area contributed by atoms with Gasteiger partial charge in [-0.1, -0.05) is 0 Å². The fourth-order valence-corrected chi connectivity index (χ4v) is 1.13. The average molecular weight is 170 g/mol. The zero-order valence-corrected chi connectivity index (χ0v) is 7.94. The van der Waals surface area contributed by atoms with E-state index in [9.17, 15) is 4.79 Å². The number of nitrogens with one attached hydrogen (secondary N) is 2. The van der Waals surface area contributed by atoms with E-state index in [-0.39, 0.29) is 5.91 Å². The van der Waals surface area contributed by atoms with E-state index in [1.165, 1.54) is 12.8 Å². The van der Waals surface area contributed by atoms with Crippen LogP contribution in [-0.2, 0) is 4.79 Å². The molecule has 0 spiro atoms. The van der Waals surface area contributed by atoms with E-state index in [0.717, 1.165) is 13.1 Å². The Hall–Kier alpha value is -0.570. The van der Waals surface area contributed by atoms with Gasteiger partial charge in [0.15, 0.2) is 0 Å². The highest BCUT2D eigenvalue weighted by atomic mass is 16.1. The lowest BCUT2D eigenvalue weighted by atomic mass is 10.3. The van der Waals surface area contributed by atoms with Gasteiger partial charge in [0.25, 0.3) is 0 Å². The van der Waals surface area contributed by atoms with Crippen LogP contribution in [0.15, 0.2) is 0 Å². The summed E-state index contributed by atoms with van der Waals surface area (Å²) in [6.45, 7) is 5.68. The van der Waals surface area contributed by atoms with Crippen LogP contribution in [0.1, 0.15) is 33.1 Å². The third-order valence-corrected chi connectivity index (χ3v) is 2.28. The van der Waals surface area contributed by atoms with Crippen LogP contribution in [0.25, 0.3) is 0 Å². The maximum absolute atomic E-state index is 11.0. The second kappa shape index (κ2) is 3.90. The maximum Gasteiger partial charge on any atom is 0.221 e. The predicted molar refractivity (Wildman–Crippen MR) is 48.9 cm³/mol. The highest BCUT2D eigenvalue weighted by Crippen LogP contribution is 2.33. The predicted octanol–water partition coefficient (Wildman–Crippen LogP) is 0.655. The molecule has 12 heavy (non-hydrogen) atoms. The summed E-state index contributed by atoms with van der Waals surface area (Å²) < 4.78 is 0.